The first-order chi connectivity index (χ1) is 7.61. The second-order valence-corrected chi connectivity index (χ2v) is 4.22. The van der Waals surface area contributed by atoms with E-state index in [-0.39, 0.29) is 18.4 Å². The summed E-state index contributed by atoms with van der Waals surface area (Å²) in [5.41, 5.74) is 5.52. The molecule has 1 saturated heterocycles. The molecule has 0 aromatic carbocycles. The minimum atomic E-state index is -0.903. The van der Waals surface area contributed by atoms with Crippen molar-refractivity contribution in [2.75, 3.05) is 13.1 Å². The van der Waals surface area contributed by atoms with E-state index >= 15 is 0 Å². The largest absolute Gasteiger partial charge is 0.480 e. The molecule has 5 heteroatoms. The third kappa shape index (κ3) is 2.72. The van der Waals surface area contributed by atoms with E-state index in [0.717, 1.165) is 12.8 Å². The summed E-state index contributed by atoms with van der Waals surface area (Å²) >= 11 is 0. The van der Waals surface area contributed by atoms with Gasteiger partial charge < -0.3 is 15.7 Å². The van der Waals surface area contributed by atoms with Gasteiger partial charge in [0.25, 0.3) is 0 Å². The lowest BCUT2D eigenvalue weighted by molar-refractivity contribution is -0.153. The molecule has 1 amide bonds. The van der Waals surface area contributed by atoms with Gasteiger partial charge >= 0.3 is 5.97 Å². The molecule has 0 spiro atoms. The average Bonchev–Trinajstić information content (AvgIpc) is 2.30. The molecule has 0 aromatic heterocycles. The van der Waals surface area contributed by atoms with Crippen molar-refractivity contribution in [2.45, 2.75) is 38.6 Å². The summed E-state index contributed by atoms with van der Waals surface area (Å²) in [4.78, 5) is 24.6. The van der Waals surface area contributed by atoms with Crippen LogP contribution in [0, 0.1) is 5.92 Å². The molecule has 5 nitrogen and oxygen atoms in total. The average molecular weight is 228 g/mol. The van der Waals surface area contributed by atoms with Crippen LogP contribution in [0.2, 0.25) is 0 Å². The van der Waals surface area contributed by atoms with Crippen molar-refractivity contribution in [1.29, 1.82) is 0 Å². The van der Waals surface area contributed by atoms with Gasteiger partial charge in [0.15, 0.2) is 0 Å². The van der Waals surface area contributed by atoms with Gasteiger partial charge in [0.05, 0.1) is 5.92 Å². The molecule has 0 radical (unpaired) electrons. The molecular formula is C11H20N2O3. The number of carbonyl (C=O) groups is 2. The van der Waals surface area contributed by atoms with E-state index in [0.29, 0.717) is 19.4 Å². The maximum Gasteiger partial charge on any atom is 0.326 e. The van der Waals surface area contributed by atoms with Gasteiger partial charge in [0.1, 0.15) is 6.04 Å². The highest BCUT2D eigenvalue weighted by Crippen LogP contribution is 2.20. The summed E-state index contributed by atoms with van der Waals surface area (Å²) in [6.07, 6.45) is 2.98. The van der Waals surface area contributed by atoms with Gasteiger partial charge in [-0.25, -0.2) is 4.79 Å². The van der Waals surface area contributed by atoms with Crippen molar-refractivity contribution in [2.24, 2.45) is 11.7 Å². The predicted octanol–water partition coefficient (Wildman–Crippen LogP) is 0.437. The lowest BCUT2D eigenvalue weighted by Gasteiger charge is -2.35. The molecule has 0 saturated carbocycles. The van der Waals surface area contributed by atoms with Gasteiger partial charge in [0.2, 0.25) is 5.91 Å². The van der Waals surface area contributed by atoms with Gasteiger partial charge in [-0.15, -0.1) is 0 Å². The molecule has 92 valence electrons. The molecule has 1 aliphatic heterocycles. The highest BCUT2D eigenvalue weighted by atomic mass is 16.4. The number of nitrogens with two attached hydrogens (primary N) is 1. The molecule has 2 atom stereocenters. The Morgan fingerprint density at radius 1 is 1.50 bits per heavy atom. The number of nitrogens with zero attached hydrogens (tertiary/aromatic N) is 1. The Morgan fingerprint density at radius 2 is 2.19 bits per heavy atom. The fourth-order valence-corrected chi connectivity index (χ4v) is 2.13. The third-order valence-electron chi connectivity index (χ3n) is 3.20. The lowest BCUT2D eigenvalue weighted by atomic mass is 9.98. The molecule has 0 aromatic rings. The van der Waals surface area contributed by atoms with Crippen molar-refractivity contribution in [1.82, 2.24) is 4.90 Å². The van der Waals surface area contributed by atoms with E-state index in [1.807, 2.05) is 6.92 Å². The van der Waals surface area contributed by atoms with Crippen LogP contribution in [0.4, 0.5) is 0 Å². The molecule has 1 rings (SSSR count). The van der Waals surface area contributed by atoms with Crippen LogP contribution >= 0.6 is 0 Å². The minimum Gasteiger partial charge on any atom is -0.480 e. The standard InChI is InChI=1S/C11H20N2O3/c1-2-8(7-12)10(14)13-6-4-3-5-9(13)11(15)16/h8-9H,2-7,12H2,1H3,(H,15,16)/t8?,9-/m1/s1. The van der Waals surface area contributed by atoms with E-state index in [1.165, 1.54) is 4.90 Å². The quantitative estimate of drug-likeness (QED) is 0.731. The fourth-order valence-electron chi connectivity index (χ4n) is 2.13. The van der Waals surface area contributed by atoms with Crippen LogP contribution in [-0.4, -0.2) is 41.0 Å². The molecule has 0 bridgehead atoms. The number of hydrogen-bond acceptors (Lipinski definition) is 3. The molecule has 1 aliphatic rings. The number of likely N-dealkylation sites (tertiary alicyclic amines) is 1. The van der Waals surface area contributed by atoms with Gasteiger partial charge in [-0.1, -0.05) is 6.92 Å². The van der Waals surface area contributed by atoms with E-state index in [9.17, 15) is 9.59 Å². The summed E-state index contributed by atoms with van der Waals surface area (Å²) in [7, 11) is 0. The molecular weight excluding hydrogens is 208 g/mol. The number of amides is 1. The normalized spacial score (nSPS) is 22.9. The number of carboxylic acids is 1. The summed E-state index contributed by atoms with van der Waals surface area (Å²) < 4.78 is 0. The van der Waals surface area contributed by atoms with E-state index < -0.39 is 12.0 Å². The number of piperidine rings is 1. The van der Waals surface area contributed by atoms with Gasteiger partial charge in [0, 0.05) is 13.1 Å². The molecule has 0 aliphatic carbocycles. The Hall–Kier alpha value is -1.10. The summed E-state index contributed by atoms with van der Waals surface area (Å²) in [6.45, 7) is 2.74. The van der Waals surface area contributed by atoms with E-state index in [4.69, 9.17) is 10.8 Å². The molecule has 1 unspecified atom stereocenters. The molecule has 3 N–H and O–H groups in total. The van der Waals surface area contributed by atoms with Gasteiger partial charge in [-0.05, 0) is 25.7 Å². The second-order valence-electron chi connectivity index (χ2n) is 4.22. The number of carbonyl (C=O) groups excluding carboxylic acids is 1. The SMILES string of the molecule is CCC(CN)C(=O)N1CCCC[C@@H]1C(=O)O. The topological polar surface area (TPSA) is 83.6 Å². The summed E-state index contributed by atoms with van der Waals surface area (Å²) in [5, 5.41) is 9.06. The smallest absolute Gasteiger partial charge is 0.326 e. The van der Waals surface area contributed by atoms with Crippen LogP contribution in [0.15, 0.2) is 0 Å². The van der Waals surface area contributed by atoms with Crippen LogP contribution in [0.25, 0.3) is 0 Å². The highest BCUT2D eigenvalue weighted by molar-refractivity contribution is 5.85. The van der Waals surface area contributed by atoms with Crippen LogP contribution in [0.1, 0.15) is 32.6 Å². The number of rotatable bonds is 4. The predicted molar refractivity (Wildman–Crippen MR) is 59.8 cm³/mol. The van der Waals surface area contributed by atoms with Crippen molar-refractivity contribution in [3.8, 4) is 0 Å². The Labute approximate surface area is 95.6 Å². The van der Waals surface area contributed by atoms with E-state index in [1.54, 1.807) is 0 Å². The first kappa shape index (κ1) is 13.0. The van der Waals surface area contributed by atoms with Crippen molar-refractivity contribution < 1.29 is 14.7 Å². The zero-order valence-corrected chi connectivity index (χ0v) is 9.69. The van der Waals surface area contributed by atoms with Crippen LogP contribution < -0.4 is 5.73 Å². The van der Waals surface area contributed by atoms with Crippen molar-refractivity contribution in [3.63, 3.8) is 0 Å². The van der Waals surface area contributed by atoms with E-state index in [2.05, 4.69) is 0 Å². The molecule has 1 fully saturated rings. The van der Waals surface area contributed by atoms with Crippen molar-refractivity contribution >= 4 is 11.9 Å². The Bertz CT molecular complexity index is 264. The maximum absolute atomic E-state index is 12.1. The Balaban J connectivity index is 2.74. The zero-order valence-electron chi connectivity index (χ0n) is 9.69. The van der Waals surface area contributed by atoms with Crippen molar-refractivity contribution in [3.05, 3.63) is 0 Å². The lowest BCUT2D eigenvalue weighted by Crippen LogP contribution is -2.51. The molecule has 1 heterocycles. The first-order valence-electron chi connectivity index (χ1n) is 5.85. The highest BCUT2D eigenvalue weighted by Gasteiger charge is 2.34. The van der Waals surface area contributed by atoms with Crippen LogP contribution in [0.3, 0.4) is 0 Å². The van der Waals surface area contributed by atoms with Gasteiger partial charge in [-0.3, -0.25) is 4.79 Å². The second kappa shape index (κ2) is 5.84. The van der Waals surface area contributed by atoms with Crippen LogP contribution in [0.5, 0.6) is 0 Å². The third-order valence-corrected chi connectivity index (χ3v) is 3.20. The monoisotopic (exact) mass is 228 g/mol. The summed E-state index contributed by atoms with van der Waals surface area (Å²) in [5.74, 6) is -1.24. The number of aliphatic carboxylic acids is 1. The maximum atomic E-state index is 12.1. The zero-order chi connectivity index (χ0) is 12.1. The Kier molecular flexibility index (Phi) is 4.73. The molecule has 16 heavy (non-hydrogen) atoms. The summed E-state index contributed by atoms with van der Waals surface area (Å²) in [6, 6.07) is -0.651. The van der Waals surface area contributed by atoms with Crippen LogP contribution in [-0.2, 0) is 9.59 Å². The fraction of sp³-hybridized carbons (Fsp3) is 0.818. The number of hydrogen-bond donors (Lipinski definition) is 2. The Morgan fingerprint density at radius 3 is 2.69 bits per heavy atom. The minimum absolute atomic E-state index is 0.0999. The van der Waals surface area contributed by atoms with Gasteiger partial charge in [-0.2, -0.15) is 0 Å². The first-order valence-corrected chi connectivity index (χ1v) is 5.85. The number of carboxylic acid groups (broad SMARTS) is 1.